The molecule has 0 unspecified atom stereocenters. The summed E-state index contributed by atoms with van der Waals surface area (Å²) in [5.41, 5.74) is 0.145. The van der Waals surface area contributed by atoms with Crippen molar-refractivity contribution < 1.29 is 4.43 Å². The molecule has 0 bridgehead atoms. The van der Waals surface area contributed by atoms with Crippen LogP contribution in [0.3, 0.4) is 0 Å². The van der Waals surface area contributed by atoms with Crippen molar-refractivity contribution >= 4 is 21.5 Å². The van der Waals surface area contributed by atoms with Crippen LogP contribution in [0.1, 0.15) is 27.2 Å². The minimum Gasteiger partial charge on any atom is -0.423 e. The fraction of sp³-hybridized carbons (Fsp3) is 1.00. The van der Waals surface area contributed by atoms with Crippen molar-refractivity contribution in [1.29, 1.82) is 0 Å². The second kappa shape index (κ2) is 4.29. The Hall–Kier alpha value is 0.394. The van der Waals surface area contributed by atoms with Gasteiger partial charge in [0.25, 0.3) is 0 Å². The molecule has 3 heteroatoms. The minimum atomic E-state index is 0. The predicted molar refractivity (Wildman–Crippen MR) is 46.7 cm³/mol. The molecule has 0 saturated heterocycles. The van der Waals surface area contributed by atoms with Gasteiger partial charge >= 0.3 is 0 Å². The van der Waals surface area contributed by atoms with E-state index < -0.39 is 0 Å². The summed E-state index contributed by atoms with van der Waals surface area (Å²) in [6.45, 7) is 6.36. The molecule has 0 aromatic rings. The van der Waals surface area contributed by atoms with E-state index in [4.69, 9.17) is 4.43 Å². The highest BCUT2D eigenvalue weighted by atomic mass is 28.2. The lowest BCUT2D eigenvalue weighted by molar-refractivity contribution is 0.119. The first-order valence-corrected chi connectivity index (χ1v) is 3.49. The molecule has 52 valence electrons. The summed E-state index contributed by atoms with van der Waals surface area (Å²) in [4.78, 5) is 0. The van der Waals surface area contributed by atoms with E-state index in [9.17, 15) is 0 Å². The van der Waals surface area contributed by atoms with Crippen LogP contribution < -0.4 is 0 Å². The molecule has 0 aromatic heterocycles. The Balaban J connectivity index is 0. The molecule has 0 spiro atoms. The molecular formula is C5H18OSi2. The molecule has 0 amide bonds. The Morgan fingerprint density at radius 3 is 1.88 bits per heavy atom. The van der Waals surface area contributed by atoms with Crippen molar-refractivity contribution in [3.05, 3.63) is 0 Å². The maximum absolute atomic E-state index is 5.23. The van der Waals surface area contributed by atoms with Crippen molar-refractivity contribution in [1.82, 2.24) is 0 Å². The van der Waals surface area contributed by atoms with E-state index in [-0.39, 0.29) is 16.6 Å². The van der Waals surface area contributed by atoms with Gasteiger partial charge in [-0.15, -0.1) is 0 Å². The third-order valence-electron chi connectivity index (χ3n) is 1.40. The molecular weight excluding hydrogens is 132 g/mol. The Bertz CT molecular complexity index is 48.4. The van der Waals surface area contributed by atoms with Crippen LogP contribution in [0, 0.1) is 0 Å². The van der Waals surface area contributed by atoms with Gasteiger partial charge in [-0.3, -0.25) is 0 Å². The van der Waals surface area contributed by atoms with Gasteiger partial charge in [0.05, 0.1) is 0 Å². The largest absolute Gasteiger partial charge is 0.423 e. The highest BCUT2D eigenvalue weighted by molar-refractivity contribution is 5.98. The molecule has 0 aromatic carbocycles. The van der Waals surface area contributed by atoms with Crippen LogP contribution >= 0.6 is 0 Å². The smallest absolute Gasteiger partial charge is 0.146 e. The molecule has 0 radical (unpaired) electrons. The van der Waals surface area contributed by atoms with Crippen LogP contribution in [0.4, 0.5) is 0 Å². The molecule has 0 heterocycles. The summed E-state index contributed by atoms with van der Waals surface area (Å²) in [7, 11) is 0.857. The van der Waals surface area contributed by atoms with Crippen LogP contribution in [0.5, 0.6) is 0 Å². The zero-order valence-corrected chi connectivity index (χ0v) is 7.62. The average molecular weight is 150 g/mol. The average Bonchev–Trinajstić information content (AvgIpc) is 1.68. The Kier molecular flexibility index (Phi) is 6.02. The van der Waals surface area contributed by atoms with Crippen molar-refractivity contribution in [3.63, 3.8) is 0 Å². The molecule has 8 heavy (non-hydrogen) atoms. The molecule has 0 rings (SSSR count). The molecule has 0 aliphatic carbocycles. The first kappa shape index (κ1) is 11.2. The fourth-order valence-electron chi connectivity index (χ4n) is 0.144. The van der Waals surface area contributed by atoms with E-state index >= 15 is 0 Å². The van der Waals surface area contributed by atoms with Gasteiger partial charge in [-0.25, -0.2) is 0 Å². The first-order chi connectivity index (χ1) is 3.12. The molecule has 0 aliphatic rings. The molecule has 1 nitrogen and oxygen atoms in total. The minimum absolute atomic E-state index is 0. The van der Waals surface area contributed by atoms with Gasteiger partial charge in [-0.1, -0.05) is 6.92 Å². The third-order valence-corrected chi connectivity index (χ3v) is 2.51. The maximum Gasteiger partial charge on any atom is 0.146 e. The Labute approximate surface area is 59.4 Å². The van der Waals surface area contributed by atoms with Crippen molar-refractivity contribution in [2.45, 2.75) is 32.8 Å². The van der Waals surface area contributed by atoms with Crippen molar-refractivity contribution in [2.75, 3.05) is 0 Å². The van der Waals surface area contributed by atoms with Gasteiger partial charge in [0.2, 0.25) is 0 Å². The highest BCUT2D eigenvalue weighted by Gasteiger charge is 2.09. The van der Waals surface area contributed by atoms with E-state index in [2.05, 4.69) is 20.8 Å². The Morgan fingerprint density at radius 1 is 1.50 bits per heavy atom. The van der Waals surface area contributed by atoms with E-state index in [0.717, 1.165) is 16.9 Å². The molecule has 0 saturated carbocycles. The van der Waals surface area contributed by atoms with E-state index in [1.165, 1.54) is 0 Å². The zero-order valence-electron chi connectivity index (χ0n) is 5.62. The normalized spacial score (nSPS) is 10.9. The monoisotopic (exact) mass is 150 g/mol. The highest BCUT2D eigenvalue weighted by Crippen LogP contribution is 2.09. The van der Waals surface area contributed by atoms with Crippen molar-refractivity contribution in [3.8, 4) is 0 Å². The van der Waals surface area contributed by atoms with Crippen LogP contribution in [0.15, 0.2) is 0 Å². The van der Waals surface area contributed by atoms with Gasteiger partial charge in [0.1, 0.15) is 10.5 Å². The van der Waals surface area contributed by atoms with Crippen molar-refractivity contribution in [2.24, 2.45) is 0 Å². The van der Waals surface area contributed by atoms with Gasteiger partial charge in [-0.05, 0) is 31.2 Å². The van der Waals surface area contributed by atoms with E-state index in [1.54, 1.807) is 0 Å². The third kappa shape index (κ3) is 4.55. The number of rotatable bonds is 2. The van der Waals surface area contributed by atoms with Crippen LogP contribution in [-0.4, -0.2) is 27.1 Å². The summed E-state index contributed by atoms with van der Waals surface area (Å²) < 4.78 is 5.23. The van der Waals surface area contributed by atoms with Gasteiger partial charge in [0, 0.05) is 5.60 Å². The Morgan fingerprint density at radius 2 is 1.88 bits per heavy atom. The molecule has 0 atom stereocenters. The maximum atomic E-state index is 5.23. The second-order valence-corrected chi connectivity index (χ2v) is 2.73. The van der Waals surface area contributed by atoms with Gasteiger partial charge in [0.15, 0.2) is 0 Å². The standard InChI is InChI=1S/C5H14OSi.H4Si/c1-4-5(2,3)6-7;/h4H2,1-3,7H3;1H4. The van der Waals surface area contributed by atoms with Crippen LogP contribution in [-0.2, 0) is 4.43 Å². The molecule has 0 N–H and O–H groups in total. The SMILES string of the molecule is CCC(C)(C)O[SiH3].[SiH4]. The molecule has 0 fully saturated rings. The lowest BCUT2D eigenvalue weighted by Gasteiger charge is -2.20. The quantitative estimate of drug-likeness (QED) is 0.460. The lowest BCUT2D eigenvalue weighted by atomic mass is 10.1. The first-order valence-electron chi connectivity index (χ1n) is 2.67. The van der Waals surface area contributed by atoms with Crippen LogP contribution in [0.2, 0.25) is 0 Å². The van der Waals surface area contributed by atoms with Crippen LogP contribution in [0.25, 0.3) is 0 Å². The lowest BCUT2D eigenvalue weighted by Crippen LogP contribution is -2.20. The topological polar surface area (TPSA) is 9.23 Å². The summed E-state index contributed by atoms with van der Waals surface area (Å²) >= 11 is 0. The zero-order chi connectivity index (χ0) is 5.91. The van der Waals surface area contributed by atoms with Gasteiger partial charge in [-0.2, -0.15) is 0 Å². The number of hydrogen-bond donors (Lipinski definition) is 0. The molecule has 0 aliphatic heterocycles. The summed E-state index contributed by atoms with van der Waals surface area (Å²) in [5, 5.41) is 0. The predicted octanol–water partition coefficient (Wildman–Crippen LogP) is -0.980. The fourth-order valence-corrected chi connectivity index (χ4v) is 0.433. The van der Waals surface area contributed by atoms with E-state index in [0.29, 0.717) is 0 Å². The second-order valence-electron chi connectivity index (χ2n) is 2.32. The summed E-state index contributed by atoms with van der Waals surface area (Å²) in [6, 6.07) is 0. The summed E-state index contributed by atoms with van der Waals surface area (Å²) in [6.07, 6.45) is 1.11. The van der Waals surface area contributed by atoms with E-state index in [1.807, 2.05) is 0 Å². The number of hydrogen-bond acceptors (Lipinski definition) is 1. The summed E-state index contributed by atoms with van der Waals surface area (Å²) in [5.74, 6) is 0. The van der Waals surface area contributed by atoms with Gasteiger partial charge < -0.3 is 4.43 Å².